The Morgan fingerprint density at radius 1 is 1.23 bits per heavy atom. The number of hydrogen-bond acceptors (Lipinski definition) is 6. The zero-order chi connectivity index (χ0) is 10.2. The smallest absolute Gasteiger partial charge is 0.173 e. The lowest BCUT2D eigenvalue weighted by Crippen LogP contribution is -2.63. The molecular formula is C7H15NO5. The van der Waals surface area contributed by atoms with Gasteiger partial charge in [0.05, 0.1) is 12.1 Å². The third-order valence-corrected chi connectivity index (χ3v) is 2.18. The maximum Gasteiger partial charge on any atom is 0.173 e. The summed E-state index contributed by atoms with van der Waals surface area (Å²) in [5.41, 5.74) is 5.31. The van der Waals surface area contributed by atoms with Crippen molar-refractivity contribution < 1.29 is 25.2 Å². The lowest BCUT2D eigenvalue weighted by molar-refractivity contribution is -0.260. The van der Waals surface area contributed by atoms with Gasteiger partial charge >= 0.3 is 0 Å². The van der Waals surface area contributed by atoms with E-state index in [4.69, 9.17) is 20.7 Å². The van der Waals surface area contributed by atoms with Crippen LogP contribution in [-0.2, 0) is 4.74 Å². The largest absolute Gasteiger partial charge is 0.391 e. The Hall–Kier alpha value is -0.240. The van der Waals surface area contributed by atoms with Crippen LogP contribution in [0.3, 0.4) is 0 Å². The molecule has 1 fully saturated rings. The standard InChI is InChI=1S/C7H15NO5/c1-2(9)6-5(11)4(10)3(8)7(12)13-6/h2-7,9-12H,8H2,1H3/t2?,3-,4-,5+,6-,7+/m1/s1. The van der Waals surface area contributed by atoms with Gasteiger partial charge in [0.1, 0.15) is 18.3 Å². The van der Waals surface area contributed by atoms with E-state index in [0.29, 0.717) is 0 Å². The first kappa shape index (κ1) is 10.8. The van der Waals surface area contributed by atoms with E-state index in [2.05, 4.69) is 0 Å². The minimum Gasteiger partial charge on any atom is -0.391 e. The highest BCUT2D eigenvalue weighted by atomic mass is 16.6. The second-order valence-corrected chi connectivity index (χ2v) is 3.29. The van der Waals surface area contributed by atoms with Crippen LogP contribution in [0.25, 0.3) is 0 Å². The summed E-state index contributed by atoms with van der Waals surface area (Å²) in [6, 6.07) is -1.05. The molecule has 0 saturated carbocycles. The second-order valence-electron chi connectivity index (χ2n) is 3.29. The maximum absolute atomic E-state index is 9.37. The predicted octanol–water partition coefficient (Wildman–Crippen LogP) is -2.87. The van der Waals surface area contributed by atoms with Crippen molar-refractivity contribution in [2.45, 2.75) is 43.7 Å². The van der Waals surface area contributed by atoms with E-state index in [0.717, 1.165) is 0 Å². The van der Waals surface area contributed by atoms with Crippen LogP contribution in [0.2, 0.25) is 0 Å². The van der Waals surface area contributed by atoms with E-state index in [9.17, 15) is 10.2 Å². The SMILES string of the molecule is CC(O)[C@H]1O[C@H](O)[C@H](N)[C@@H](O)[C@@H]1O. The van der Waals surface area contributed by atoms with Gasteiger partial charge in [0, 0.05) is 0 Å². The number of aliphatic hydroxyl groups is 4. The van der Waals surface area contributed by atoms with Gasteiger partial charge in [-0.15, -0.1) is 0 Å². The van der Waals surface area contributed by atoms with E-state index >= 15 is 0 Å². The molecule has 1 heterocycles. The van der Waals surface area contributed by atoms with Crippen LogP contribution < -0.4 is 5.73 Å². The van der Waals surface area contributed by atoms with Crippen molar-refractivity contribution in [1.82, 2.24) is 0 Å². The van der Waals surface area contributed by atoms with Gasteiger partial charge in [-0.25, -0.2) is 0 Å². The molecule has 0 amide bonds. The second kappa shape index (κ2) is 3.87. The summed E-state index contributed by atoms with van der Waals surface area (Å²) >= 11 is 0. The molecule has 0 aromatic heterocycles. The Balaban J connectivity index is 2.70. The van der Waals surface area contributed by atoms with Gasteiger partial charge in [0.2, 0.25) is 0 Å². The molecule has 1 aliphatic rings. The first-order chi connectivity index (χ1) is 5.95. The average molecular weight is 193 g/mol. The van der Waals surface area contributed by atoms with Crippen molar-refractivity contribution in [1.29, 1.82) is 0 Å². The lowest BCUT2D eigenvalue weighted by Gasteiger charge is -2.40. The summed E-state index contributed by atoms with van der Waals surface area (Å²) in [5, 5.41) is 37.0. The van der Waals surface area contributed by atoms with Crippen LogP contribution in [0.15, 0.2) is 0 Å². The molecule has 0 spiro atoms. The number of hydrogen-bond donors (Lipinski definition) is 5. The van der Waals surface area contributed by atoms with E-state index in [-0.39, 0.29) is 0 Å². The van der Waals surface area contributed by atoms with E-state index in [1.165, 1.54) is 6.92 Å². The van der Waals surface area contributed by atoms with Gasteiger partial charge in [-0.05, 0) is 6.92 Å². The first-order valence-electron chi connectivity index (χ1n) is 4.08. The first-order valence-corrected chi connectivity index (χ1v) is 4.08. The van der Waals surface area contributed by atoms with Crippen LogP contribution in [0, 0.1) is 0 Å². The fraction of sp³-hybridized carbons (Fsp3) is 1.00. The molecule has 1 rings (SSSR count). The van der Waals surface area contributed by atoms with Crippen LogP contribution in [0.5, 0.6) is 0 Å². The predicted molar refractivity (Wildman–Crippen MR) is 42.5 cm³/mol. The van der Waals surface area contributed by atoms with Gasteiger partial charge in [-0.2, -0.15) is 0 Å². The Morgan fingerprint density at radius 3 is 2.23 bits per heavy atom. The van der Waals surface area contributed by atoms with E-state index in [1.54, 1.807) is 0 Å². The zero-order valence-corrected chi connectivity index (χ0v) is 7.24. The fourth-order valence-electron chi connectivity index (χ4n) is 1.32. The third-order valence-electron chi connectivity index (χ3n) is 2.18. The summed E-state index contributed by atoms with van der Waals surface area (Å²) in [4.78, 5) is 0. The average Bonchev–Trinajstić information content (AvgIpc) is 2.07. The minimum atomic E-state index is -1.36. The molecule has 0 bridgehead atoms. The summed E-state index contributed by atoms with van der Waals surface area (Å²) in [5.74, 6) is 0. The van der Waals surface area contributed by atoms with Crippen LogP contribution in [-0.4, -0.2) is 57.2 Å². The molecule has 78 valence electrons. The molecule has 6 atom stereocenters. The van der Waals surface area contributed by atoms with Gasteiger partial charge in [-0.1, -0.05) is 0 Å². The molecule has 6 heteroatoms. The Labute approximate surface area is 75.6 Å². The summed E-state index contributed by atoms with van der Waals surface area (Å²) in [7, 11) is 0. The molecule has 6 nitrogen and oxygen atoms in total. The summed E-state index contributed by atoms with van der Waals surface area (Å²) < 4.78 is 4.81. The highest BCUT2D eigenvalue weighted by Crippen LogP contribution is 2.20. The molecule has 0 aliphatic carbocycles. The maximum atomic E-state index is 9.37. The van der Waals surface area contributed by atoms with Crippen LogP contribution in [0.1, 0.15) is 6.92 Å². The molecular weight excluding hydrogens is 178 g/mol. The molecule has 0 aromatic rings. The minimum absolute atomic E-state index is 0.980. The fourth-order valence-corrected chi connectivity index (χ4v) is 1.32. The Morgan fingerprint density at radius 2 is 1.77 bits per heavy atom. The number of aliphatic hydroxyl groups excluding tert-OH is 4. The van der Waals surface area contributed by atoms with Crippen molar-refractivity contribution >= 4 is 0 Å². The van der Waals surface area contributed by atoms with Crippen molar-refractivity contribution in [3.8, 4) is 0 Å². The Bertz CT molecular complexity index is 176. The van der Waals surface area contributed by atoms with Crippen molar-refractivity contribution in [3.05, 3.63) is 0 Å². The highest BCUT2D eigenvalue weighted by molar-refractivity contribution is 4.92. The van der Waals surface area contributed by atoms with Crippen molar-refractivity contribution in [2.24, 2.45) is 5.73 Å². The quantitative estimate of drug-likeness (QED) is 0.306. The van der Waals surface area contributed by atoms with E-state index < -0.39 is 36.7 Å². The van der Waals surface area contributed by atoms with Gasteiger partial charge < -0.3 is 30.9 Å². The topological polar surface area (TPSA) is 116 Å². The molecule has 1 aliphatic heterocycles. The Kier molecular flexibility index (Phi) is 3.23. The van der Waals surface area contributed by atoms with Gasteiger partial charge in [0.15, 0.2) is 6.29 Å². The summed E-state index contributed by atoms with van der Waals surface area (Å²) in [6.45, 7) is 1.39. The monoisotopic (exact) mass is 193 g/mol. The highest BCUT2D eigenvalue weighted by Gasteiger charge is 2.43. The van der Waals surface area contributed by atoms with Crippen LogP contribution >= 0.6 is 0 Å². The van der Waals surface area contributed by atoms with Crippen molar-refractivity contribution in [3.63, 3.8) is 0 Å². The lowest BCUT2D eigenvalue weighted by atomic mass is 9.95. The normalized spacial score (nSPS) is 48.9. The third kappa shape index (κ3) is 1.98. The molecule has 1 saturated heterocycles. The van der Waals surface area contributed by atoms with Crippen molar-refractivity contribution in [2.75, 3.05) is 0 Å². The van der Waals surface area contributed by atoms with Gasteiger partial charge in [-0.3, -0.25) is 0 Å². The van der Waals surface area contributed by atoms with E-state index in [1.807, 2.05) is 0 Å². The zero-order valence-electron chi connectivity index (χ0n) is 7.24. The number of ether oxygens (including phenoxy) is 1. The number of rotatable bonds is 1. The molecule has 13 heavy (non-hydrogen) atoms. The number of nitrogens with two attached hydrogens (primary N) is 1. The van der Waals surface area contributed by atoms with Gasteiger partial charge in [0.25, 0.3) is 0 Å². The molecule has 1 unspecified atom stereocenters. The van der Waals surface area contributed by atoms with Crippen LogP contribution in [0.4, 0.5) is 0 Å². The molecule has 0 aromatic carbocycles. The molecule has 0 radical (unpaired) electrons. The summed E-state index contributed by atoms with van der Waals surface area (Å²) in [6.07, 6.45) is -5.92. The molecule has 6 N–H and O–H groups in total.